The Morgan fingerprint density at radius 2 is 1.88 bits per heavy atom. The Morgan fingerprint density at radius 1 is 1.15 bits per heavy atom. The van der Waals surface area contributed by atoms with Crippen LogP contribution in [0.5, 0.6) is 11.6 Å². The molecule has 1 fully saturated rings. The van der Waals surface area contributed by atoms with E-state index >= 15 is 0 Å². The molecule has 2 aromatic carbocycles. The summed E-state index contributed by atoms with van der Waals surface area (Å²) in [5.41, 5.74) is 1.60. The number of hydrogen-bond acceptors (Lipinski definition) is 5. The van der Waals surface area contributed by atoms with Gasteiger partial charge in [0.1, 0.15) is 11.3 Å². The van der Waals surface area contributed by atoms with Crippen LogP contribution in [0.15, 0.2) is 48.8 Å². The average molecular weight is 450 g/mol. The van der Waals surface area contributed by atoms with Gasteiger partial charge in [-0.3, -0.25) is 9.88 Å². The predicted octanol–water partition coefficient (Wildman–Crippen LogP) is 3.68. The third-order valence-electron chi connectivity index (χ3n) is 6.00. The summed E-state index contributed by atoms with van der Waals surface area (Å²) in [4.78, 5) is 20.8. The van der Waals surface area contributed by atoms with E-state index in [4.69, 9.17) is 4.74 Å². The highest BCUT2D eigenvalue weighted by Gasteiger charge is 2.28. The van der Waals surface area contributed by atoms with Crippen LogP contribution in [-0.2, 0) is 11.3 Å². The van der Waals surface area contributed by atoms with Crippen molar-refractivity contribution < 1.29 is 24.1 Å². The number of phenolic OH excluding ortho intramolecular Hbond substituents is 1. The Bertz CT molecular complexity index is 1350. The molecule has 0 spiro atoms. The second-order valence-electron chi connectivity index (χ2n) is 8.03. The number of ether oxygens (including phenoxy) is 1. The summed E-state index contributed by atoms with van der Waals surface area (Å²) in [5.74, 6) is -0.666. The highest BCUT2D eigenvalue weighted by atomic mass is 19.1. The molecule has 0 bridgehead atoms. The third-order valence-corrected chi connectivity index (χ3v) is 6.00. The Balaban J connectivity index is 1.68. The molecule has 0 radical (unpaired) electrons. The van der Waals surface area contributed by atoms with Crippen LogP contribution in [-0.4, -0.2) is 64.0 Å². The van der Waals surface area contributed by atoms with Gasteiger partial charge in [0.15, 0.2) is 5.75 Å². The number of carbonyl (C=O) groups is 1. The first-order valence-electron chi connectivity index (χ1n) is 10.6. The normalized spacial score (nSPS) is 14.2. The highest BCUT2D eigenvalue weighted by Crippen LogP contribution is 2.46. The predicted molar refractivity (Wildman–Crippen MR) is 122 cm³/mol. The van der Waals surface area contributed by atoms with E-state index in [2.05, 4.69) is 4.98 Å². The summed E-state index contributed by atoms with van der Waals surface area (Å²) in [6, 6.07) is 9.28. The molecule has 0 saturated carbocycles. The van der Waals surface area contributed by atoms with Crippen molar-refractivity contribution in [2.24, 2.45) is 0 Å². The summed E-state index contributed by atoms with van der Waals surface area (Å²) in [6.45, 7) is 2.17. The van der Waals surface area contributed by atoms with E-state index in [0.717, 1.165) is 5.56 Å². The molecule has 5 rings (SSSR count). The molecule has 2 aromatic heterocycles. The summed E-state index contributed by atoms with van der Waals surface area (Å²) < 4.78 is 20.2. The second kappa shape index (κ2) is 8.25. The number of morpholine rings is 1. The van der Waals surface area contributed by atoms with Crippen molar-refractivity contribution in [2.75, 3.05) is 38.3 Å². The monoisotopic (exact) mass is 450 g/mol. The molecule has 0 unspecified atom stereocenters. The van der Waals surface area contributed by atoms with Crippen molar-refractivity contribution in [3.63, 3.8) is 0 Å². The lowest BCUT2D eigenvalue weighted by atomic mass is 10.1. The van der Waals surface area contributed by atoms with E-state index in [1.165, 1.54) is 17.0 Å². The van der Waals surface area contributed by atoms with Gasteiger partial charge in [0.05, 0.1) is 30.8 Å². The molecule has 2 amide bonds. The van der Waals surface area contributed by atoms with Gasteiger partial charge in [0.2, 0.25) is 5.88 Å². The Labute approximate surface area is 189 Å². The maximum absolute atomic E-state index is 13.3. The van der Waals surface area contributed by atoms with E-state index in [-0.39, 0.29) is 40.9 Å². The third kappa shape index (κ3) is 3.60. The number of rotatable bonds is 3. The minimum absolute atomic E-state index is 0.159. The molecule has 1 aliphatic heterocycles. The van der Waals surface area contributed by atoms with Crippen molar-refractivity contribution in [2.45, 2.75) is 6.54 Å². The topological polar surface area (TPSA) is 91.1 Å². The van der Waals surface area contributed by atoms with E-state index in [1.54, 1.807) is 53.2 Å². The average Bonchev–Trinajstić information content (AvgIpc) is 3.16. The van der Waals surface area contributed by atoms with Crippen LogP contribution >= 0.6 is 0 Å². The van der Waals surface area contributed by atoms with Crippen LogP contribution in [0, 0.1) is 5.82 Å². The minimum atomic E-state index is -0.346. The SMILES string of the molecule is CN(C(=O)N1CCOCC1)c1c2cccnc2c(O)c2c(O)n(Cc3ccc(F)cc3)cc12. The molecule has 33 heavy (non-hydrogen) atoms. The lowest BCUT2D eigenvalue weighted by molar-refractivity contribution is 0.0551. The number of carbonyl (C=O) groups excluding carboxylic acids is 1. The number of anilines is 1. The number of phenols is 1. The van der Waals surface area contributed by atoms with Crippen molar-refractivity contribution in [3.05, 3.63) is 60.2 Å². The summed E-state index contributed by atoms with van der Waals surface area (Å²) in [6.07, 6.45) is 3.24. The van der Waals surface area contributed by atoms with Gasteiger partial charge in [-0.05, 0) is 29.8 Å². The van der Waals surface area contributed by atoms with Crippen molar-refractivity contribution >= 4 is 33.4 Å². The van der Waals surface area contributed by atoms with Gasteiger partial charge in [-0.2, -0.15) is 0 Å². The molecule has 3 heterocycles. The van der Waals surface area contributed by atoms with Crippen LogP contribution in [0.25, 0.3) is 21.7 Å². The fraction of sp³-hybridized carbons (Fsp3) is 0.250. The number of aromatic nitrogens is 2. The number of hydrogen-bond donors (Lipinski definition) is 2. The zero-order valence-corrected chi connectivity index (χ0v) is 18.0. The molecule has 4 aromatic rings. The first kappa shape index (κ1) is 21.0. The lowest BCUT2D eigenvalue weighted by Gasteiger charge is -2.31. The fourth-order valence-electron chi connectivity index (χ4n) is 4.34. The summed E-state index contributed by atoms with van der Waals surface area (Å²) in [5, 5.41) is 23.3. The molecule has 9 heteroatoms. The maximum atomic E-state index is 13.3. The molecule has 1 saturated heterocycles. The maximum Gasteiger partial charge on any atom is 0.324 e. The van der Waals surface area contributed by atoms with E-state index in [9.17, 15) is 19.4 Å². The van der Waals surface area contributed by atoms with Crippen LogP contribution in [0.2, 0.25) is 0 Å². The zero-order valence-electron chi connectivity index (χ0n) is 18.0. The zero-order chi connectivity index (χ0) is 23.1. The number of aromatic hydroxyl groups is 2. The smallest absolute Gasteiger partial charge is 0.324 e. The van der Waals surface area contributed by atoms with Gasteiger partial charge in [0.25, 0.3) is 0 Å². The van der Waals surface area contributed by atoms with Gasteiger partial charge in [-0.25, -0.2) is 9.18 Å². The van der Waals surface area contributed by atoms with Crippen molar-refractivity contribution in [1.82, 2.24) is 14.5 Å². The first-order valence-corrected chi connectivity index (χ1v) is 10.6. The lowest BCUT2D eigenvalue weighted by Crippen LogP contribution is -2.47. The Morgan fingerprint density at radius 3 is 2.61 bits per heavy atom. The molecule has 170 valence electrons. The van der Waals surface area contributed by atoms with Crippen LogP contribution in [0.3, 0.4) is 0 Å². The number of halogens is 1. The standard InChI is InChI=1S/C24H23FN4O4/c1-27(24(32)28-9-11-33-12-10-28)21-17-3-2-8-26-20(17)22(30)19-18(21)14-29(23(19)31)13-15-4-6-16(25)7-5-15/h2-8,14,30-31H,9-13H2,1H3. The Hall–Kier alpha value is -3.85. The van der Waals surface area contributed by atoms with Gasteiger partial charge in [-0.15, -0.1) is 0 Å². The minimum Gasteiger partial charge on any atom is -0.505 e. The van der Waals surface area contributed by atoms with Gasteiger partial charge in [0, 0.05) is 43.3 Å². The molecular formula is C24H23FN4O4. The molecule has 0 aliphatic carbocycles. The van der Waals surface area contributed by atoms with Crippen molar-refractivity contribution in [1.29, 1.82) is 0 Å². The summed E-state index contributed by atoms with van der Waals surface area (Å²) >= 11 is 0. The van der Waals surface area contributed by atoms with Gasteiger partial charge in [-0.1, -0.05) is 12.1 Å². The van der Waals surface area contributed by atoms with Gasteiger partial charge < -0.3 is 24.4 Å². The molecule has 2 N–H and O–H groups in total. The van der Waals surface area contributed by atoms with E-state index in [1.807, 2.05) is 0 Å². The number of urea groups is 1. The number of nitrogens with zero attached hydrogens (tertiary/aromatic N) is 4. The Kier molecular flexibility index (Phi) is 5.26. The molecule has 1 aliphatic rings. The molecule has 0 atom stereocenters. The summed E-state index contributed by atoms with van der Waals surface area (Å²) in [7, 11) is 1.67. The number of fused-ring (bicyclic) bond motifs is 2. The van der Waals surface area contributed by atoms with Crippen LogP contribution in [0.1, 0.15) is 5.56 Å². The van der Waals surface area contributed by atoms with E-state index in [0.29, 0.717) is 42.8 Å². The highest BCUT2D eigenvalue weighted by molar-refractivity contribution is 6.19. The number of pyridine rings is 1. The van der Waals surface area contributed by atoms with Crippen LogP contribution < -0.4 is 4.90 Å². The number of benzene rings is 2. The molecular weight excluding hydrogens is 427 g/mol. The molecule has 8 nitrogen and oxygen atoms in total. The van der Waals surface area contributed by atoms with Gasteiger partial charge >= 0.3 is 6.03 Å². The second-order valence-corrected chi connectivity index (χ2v) is 8.03. The quantitative estimate of drug-likeness (QED) is 0.497. The fourth-order valence-corrected chi connectivity index (χ4v) is 4.34. The van der Waals surface area contributed by atoms with Crippen LogP contribution in [0.4, 0.5) is 14.9 Å². The van der Waals surface area contributed by atoms with E-state index < -0.39 is 0 Å². The number of amides is 2. The largest absolute Gasteiger partial charge is 0.505 e. The first-order chi connectivity index (χ1) is 16.0. The van der Waals surface area contributed by atoms with Crippen molar-refractivity contribution in [3.8, 4) is 11.6 Å².